The number of nitrogens with zero attached hydrogens (tertiary/aromatic N) is 3. The first-order valence-electron chi connectivity index (χ1n) is 13.0. The number of pyridine rings is 1. The van der Waals surface area contributed by atoms with Gasteiger partial charge in [0, 0.05) is 53.6 Å². The van der Waals surface area contributed by atoms with E-state index < -0.39 is 5.76 Å². The van der Waals surface area contributed by atoms with Crippen molar-refractivity contribution < 1.29 is 18.4 Å². The van der Waals surface area contributed by atoms with E-state index in [1.165, 1.54) is 12.1 Å². The van der Waals surface area contributed by atoms with E-state index in [2.05, 4.69) is 28.3 Å². The number of hydrogen-bond donors (Lipinski definition) is 1. The molecule has 0 atom stereocenters. The summed E-state index contributed by atoms with van der Waals surface area (Å²) >= 11 is 6.22. The van der Waals surface area contributed by atoms with Gasteiger partial charge >= 0.3 is 5.76 Å². The molecule has 0 amide bonds. The summed E-state index contributed by atoms with van der Waals surface area (Å²) in [5, 5.41) is 4.65. The fraction of sp³-hybridized carbons (Fsp3) is 0.233. The van der Waals surface area contributed by atoms with Crippen LogP contribution >= 0.6 is 11.6 Å². The van der Waals surface area contributed by atoms with Gasteiger partial charge in [-0.05, 0) is 53.6 Å². The number of nitrogens with one attached hydrogen (secondary N) is 1. The van der Waals surface area contributed by atoms with E-state index >= 15 is 0 Å². The van der Waals surface area contributed by atoms with Gasteiger partial charge < -0.3 is 13.9 Å². The normalized spacial score (nSPS) is 15.9. The minimum Gasteiger partial charge on any atom is -0.488 e. The number of H-pyrrole nitrogens is 1. The van der Waals surface area contributed by atoms with Gasteiger partial charge in [0.05, 0.1) is 18.0 Å². The summed E-state index contributed by atoms with van der Waals surface area (Å²) in [5.74, 6) is 0.0302. The Bertz CT molecular complexity index is 1870. The standard InChI is InChI=1S/C30H24ClFN4O4/c1-38-15-23-24(36-9-8-19(31)12-26(36)33-23)11-16-2-6-21-18(10-16)14-39-25-13-20(32)5-7-22(25)28(21)27(17-3-4-17)29-34-30(37)40-35-29/h2,5-10,12-13,17H,3-4,11,14-15H2,1H3,(H,34,35,37)/b28-27+. The van der Waals surface area contributed by atoms with Gasteiger partial charge in [-0.25, -0.2) is 14.2 Å². The van der Waals surface area contributed by atoms with E-state index in [1.807, 2.05) is 22.7 Å². The van der Waals surface area contributed by atoms with Gasteiger partial charge in [0.1, 0.15) is 23.8 Å². The lowest BCUT2D eigenvalue weighted by atomic mass is 9.87. The first kappa shape index (κ1) is 24.8. The van der Waals surface area contributed by atoms with Gasteiger partial charge in [0.15, 0.2) is 5.82 Å². The quantitative estimate of drug-likeness (QED) is 0.283. The molecule has 1 N–H and O–H groups in total. The average molecular weight is 559 g/mol. The molecule has 10 heteroatoms. The van der Waals surface area contributed by atoms with Crippen molar-refractivity contribution >= 4 is 28.4 Å². The van der Waals surface area contributed by atoms with Crippen molar-refractivity contribution in [2.45, 2.75) is 32.5 Å². The van der Waals surface area contributed by atoms with E-state index in [0.29, 0.717) is 29.6 Å². The summed E-state index contributed by atoms with van der Waals surface area (Å²) in [6, 6.07) is 14.5. The Morgan fingerprint density at radius 3 is 2.80 bits per heavy atom. The van der Waals surface area contributed by atoms with Crippen molar-refractivity contribution in [2.24, 2.45) is 5.92 Å². The Morgan fingerprint density at radius 2 is 2.02 bits per heavy atom. The van der Waals surface area contributed by atoms with Crippen LogP contribution < -0.4 is 10.5 Å². The summed E-state index contributed by atoms with van der Waals surface area (Å²) in [6.45, 7) is 0.626. The van der Waals surface area contributed by atoms with Crippen LogP contribution in [0, 0.1) is 11.7 Å². The van der Waals surface area contributed by atoms with Crippen LogP contribution in [0.2, 0.25) is 5.02 Å². The van der Waals surface area contributed by atoms with Gasteiger partial charge in [-0.2, -0.15) is 0 Å². The molecule has 0 bridgehead atoms. The lowest BCUT2D eigenvalue weighted by Gasteiger charge is -2.16. The molecule has 3 aromatic heterocycles. The van der Waals surface area contributed by atoms with Crippen LogP contribution in [-0.2, 0) is 24.4 Å². The van der Waals surface area contributed by atoms with Crippen LogP contribution in [0.3, 0.4) is 0 Å². The molecule has 2 aromatic carbocycles. The average Bonchev–Trinajstić information content (AvgIpc) is 3.63. The van der Waals surface area contributed by atoms with Crippen molar-refractivity contribution in [1.29, 1.82) is 0 Å². The molecule has 8 nitrogen and oxygen atoms in total. The molecule has 0 saturated heterocycles. The molecule has 1 aliphatic heterocycles. The smallest absolute Gasteiger partial charge is 0.439 e. The monoisotopic (exact) mass is 558 g/mol. The fourth-order valence-corrected chi connectivity index (χ4v) is 5.67. The highest BCUT2D eigenvalue weighted by Gasteiger charge is 2.35. The maximum absolute atomic E-state index is 14.3. The van der Waals surface area contributed by atoms with E-state index in [0.717, 1.165) is 63.3 Å². The van der Waals surface area contributed by atoms with E-state index in [4.69, 9.17) is 30.6 Å². The second-order valence-electron chi connectivity index (χ2n) is 10.1. The molecule has 1 saturated carbocycles. The lowest BCUT2D eigenvalue weighted by molar-refractivity contribution is 0.181. The zero-order valence-electron chi connectivity index (χ0n) is 21.5. The molecular weight excluding hydrogens is 535 g/mol. The molecule has 4 heterocycles. The predicted octanol–water partition coefficient (Wildman–Crippen LogP) is 5.80. The molecule has 2 aliphatic rings. The first-order chi connectivity index (χ1) is 19.5. The van der Waals surface area contributed by atoms with Crippen LogP contribution in [-0.4, -0.2) is 26.6 Å². The molecule has 0 radical (unpaired) electrons. The van der Waals surface area contributed by atoms with Crippen molar-refractivity contribution in [3.8, 4) is 5.75 Å². The van der Waals surface area contributed by atoms with Gasteiger partial charge in [0.2, 0.25) is 0 Å². The molecule has 5 aromatic rings. The number of hydrogen-bond acceptors (Lipinski definition) is 6. The second-order valence-corrected chi connectivity index (χ2v) is 10.6. The number of aromatic nitrogens is 4. The topological polar surface area (TPSA) is 94.7 Å². The molecule has 0 unspecified atom stereocenters. The van der Waals surface area contributed by atoms with Crippen LogP contribution in [0.4, 0.5) is 4.39 Å². The van der Waals surface area contributed by atoms with Gasteiger partial charge in [-0.3, -0.25) is 9.51 Å². The number of fused-ring (bicyclic) bond motifs is 3. The minimum atomic E-state index is -0.616. The van der Waals surface area contributed by atoms with Gasteiger partial charge in [-0.1, -0.05) is 35.0 Å². The highest BCUT2D eigenvalue weighted by molar-refractivity contribution is 6.30. The summed E-state index contributed by atoms with van der Waals surface area (Å²) in [7, 11) is 1.65. The first-order valence-corrected chi connectivity index (χ1v) is 13.4. The van der Waals surface area contributed by atoms with Crippen molar-refractivity contribution in [2.75, 3.05) is 7.11 Å². The third-order valence-corrected chi connectivity index (χ3v) is 7.64. The minimum absolute atomic E-state index is 0.195. The number of ether oxygens (including phenoxy) is 2. The van der Waals surface area contributed by atoms with Crippen LogP contribution in [0.5, 0.6) is 5.75 Å². The Kier molecular flexibility index (Phi) is 6.05. The largest absolute Gasteiger partial charge is 0.488 e. The SMILES string of the molecule is COCc1nc2cc(Cl)ccn2c1Cc1ccc2c(c1)COc1cc(F)ccc1/C2=C(/c1noc(=O)[nH]1)C1CC1. The molecular formula is C30H24ClFN4O4. The summed E-state index contributed by atoms with van der Waals surface area (Å²) < 4.78 is 32.8. The number of methoxy groups -OCH3 is 1. The second kappa shape index (κ2) is 9.76. The zero-order valence-corrected chi connectivity index (χ0v) is 22.3. The van der Waals surface area contributed by atoms with E-state index in [-0.39, 0.29) is 18.3 Å². The molecule has 0 spiro atoms. The number of benzene rings is 2. The number of halogens is 2. The zero-order chi connectivity index (χ0) is 27.4. The number of allylic oxidation sites excluding steroid dienone is 1. The van der Waals surface area contributed by atoms with Crippen LogP contribution in [0.1, 0.15) is 52.3 Å². The van der Waals surface area contributed by atoms with Crippen LogP contribution in [0.25, 0.3) is 16.8 Å². The predicted molar refractivity (Wildman–Crippen MR) is 147 cm³/mol. The molecule has 40 heavy (non-hydrogen) atoms. The molecule has 1 aliphatic carbocycles. The number of aromatic amines is 1. The number of imidazole rings is 1. The Labute approximate surface area is 233 Å². The molecule has 202 valence electrons. The van der Waals surface area contributed by atoms with Crippen molar-refractivity contribution in [3.63, 3.8) is 0 Å². The molecule has 1 fully saturated rings. The fourth-order valence-electron chi connectivity index (χ4n) is 5.52. The van der Waals surface area contributed by atoms with E-state index in [1.54, 1.807) is 13.2 Å². The van der Waals surface area contributed by atoms with Gasteiger partial charge in [-0.15, -0.1) is 0 Å². The number of rotatable bonds is 6. The van der Waals surface area contributed by atoms with Crippen molar-refractivity contribution in [3.05, 3.63) is 116 Å². The summed E-state index contributed by atoms with van der Waals surface area (Å²) in [4.78, 5) is 19.4. The highest BCUT2D eigenvalue weighted by atomic mass is 35.5. The van der Waals surface area contributed by atoms with Crippen molar-refractivity contribution in [1.82, 2.24) is 19.5 Å². The Balaban J connectivity index is 1.38. The Morgan fingerprint density at radius 1 is 1.18 bits per heavy atom. The van der Waals surface area contributed by atoms with Crippen LogP contribution in [0.15, 0.2) is 64.0 Å². The van der Waals surface area contributed by atoms with Gasteiger partial charge in [0.25, 0.3) is 0 Å². The summed E-state index contributed by atoms with van der Waals surface area (Å²) in [5.41, 5.74) is 8.03. The lowest BCUT2D eigenvalue weighted by Crippen LogP contribution is -2.04. The van der Waals surface area contributed by atoms with E-state index in [9.17, 15) is 9.18 Å². The third kappa shape index (κ3) is 4.41. The maximum Gasteiger partial charge on any atom is 0.439 e. The maximum atomic E-state index is 14.3. The molecule has 7 rings (SSSR count). The Hall–Kier alpha value is -4.21. The summed E-state index contributed by atoms with van der Waals surface area (Å²) in [6.07, 6.45) is 4.43. The highest BCUT2D eigenvalue weighted by Crippen LogP contribution is 2.49. The third-order valence-electron chi connectivity index (χ3n) is 7.41.